The summed E-state index contributed by atoms with van der Waals surface area (Å²) in [4.78, 5) is 0. The first-order chi connectivity index (χ1) is 7.89. The second-order valence-corrected chi connectivity index (χ2v) is 7.56. The highest BCUT2D eigenvalue weighted by Crippen LogP contribution is 2.35. The van der Waals surface area contributed by atoms with Crippen molar-refractivity contribution in [2.45, 2.75) is 18.1 Å². The van der Waals surface area contributed by atoms with Crippen molar-refractivity contribution in [1.29, 1.82) is 0 Å². The predicted molar refractivity (Wildman–Crippen MR) is 72.3 cm³/mol. The monoisotopic (exact) mass is 286 g/mol. The highest BCUT2D eigenvalue weighted by molar-refractivity contribution is 8.15. The first-order valence-corrected chi connectivity index (χ1v) is 8.18. The van der Waals surface area contributed by atoms with E-state index in [1.54, 1.807) is 11.4 Å². The molecule has 2 aromatic rings. The number of rotatable bonds is 2. The van der Waals surface area contributed by atoms with Crippen LogP contribution in [0.2, 0.25) is 0 Å². The Labute approximate surface area is 109 Å². The third-order valence-corrected chi connectivity index (χ3v) is 5.58. The summed E-state index contributed by atoms with van der Waals surface area (Å²) in [5.74, 6) is 0. The summed E-state index contributed by atoms with van der Waals surface area (Å²) < 4.78 is 23.1. The molecular formula is C12H11ClO2S2. The van der Waals surface area contributed by atoms with Crippen LogP contribution in [-0.4, -0.2) is 8.42 Å². The van der Waals surface area contributed by atoms with E-state index in [0.29, 0.717) is 5.56 Å². The second kappa shape index (κ2) is 4.44. The van der Waals surface area contributed by atoms with Gasteiger partial charge in [-0.25, -0.2) is 8.42 Å². The maximum atomic E-state index is 11.4. The van der Waals surface area contributed by atoms with Crippen molar-refractivity contribution < 1.29 is 8.42 Å². The zero-order valence-corrected chi connectivity index (χ0v) is 11.8. The lowest BCUT2D eigenvalue weighted by atomic mass is 10.0. The molecule has 0 saturated heterocycles. The molecule has 2 rings (SSSR count). The van der Waals surface area contributed by atoms with Crippen LogP contribution in [0.4, 0.5) is 0 Å². The normalized spacial score (nSPS) is 11.7. The SMILES string of the molecule is Cc1ccc(-c2ccsc2S(=O)(=O)Cl)c(C)c1. The van der Waals surface area contributed by atoms with Gasteiger partial charge in [0.15, 0.2) is 0 Å². The predicted octanol–water partition coefficient (Wildman–Crippen LogP) is 3.96. The first kappa shape index (κ1) is 12.6. The van der Waals surface area contributed by atoms with Gasteiger partial charge < -0.3 is 0 Å². The zero-order valence-electron chi connectivity index (χ0n) is 9.40. The summed E-state index contributed by atoms with van der Waals surface area (Å²) in [6, 6.07) is 7.71. The molecule has 0 aliphatic rings. The van der Waals surface area contributed by atoms with Crippen LogP contribution in [0.5, 0.6) is 0 Å². The van der Waals surface area contributed by atoms with Crippen LogP contribution in [0.25, 0.3) is 11.1 Å². The molecule has 1 aromatic heterocycles. The third-order valence-electron chi connectivity index (χ3n) is 2.52. The molecule has 1 aromatic carbocycles. The molecule has 0 fully saturated rings. The Morgan fingerprint density at radius 1 is 1.12 bits per heavy atom. The Hall–Kier alpha value is -0.840. The van der Waals surface area contributed by atoms with Crippen LogP contribution in [0, 0.1) is 13.8 Å². The summed E-state index contributed by atoms with van der Waals surface area (Å²) >= 11 is 1.14. The van der Waals surface area contributed by atoms with Crippen molar-refractivity contribution in [2.75, 3.05) is 0 Å². The Bertz CT molecular complexity index is 657. The van der Waals surface area contributed by atoms with E-state index in [9.17, 15) is 8.42 Å². The van der Waals surface area contributed by atoms with Gasteiger partial charge in [0.25, 0.3) is 9.05 Å². The molecule has 0 amide bonds. The fourth-order valence-electron chi connectivity index (χ4n) is 1.80. The van der Waals surface area contributed by atoms with Gasteiger partial charge in [0, 0.05) is 16.2 Å². The van der Waals surface area contributed by atoms with Gasteiger partial charge in [-0.05, 0) is 36.4 Å². The molecule has 0 aliphatic carbocycles. The standard InChI is InChI=1S/C12H11ClO2S2/c1-8-3-4-10(9(2)7-8)11-5-6-16-12(11)17(13,14)15/h3-7H,1-2H3. The van der Waals surface area contributed by atoms with Gasteiger partial charge in [0.2, 0.25) is 0 Å². The molecule has 17 heavy (non-hydrogen) atoms. The van der Waals surface area contributed by atoms with Gasteiger partial charge in [0.1, 0.15) is 4.21 Å². The maximum Gasteiger partial charge on any atom is 0.271 e. The highest BCUT2D eigenvalue weighted by atomic mass is 35.7. The minimum Gasteiger partial charge on any atom is -0.206 e. The van der Waals surface area contributed by atoms with E-state index < -0.39 is 9.05 Å². The molecule has 0 spiro atoms. The number of halogens is 1. The average molecular weight is 287 g/mol. The Morgan fingerprint density at radius 3 is 2.41 bits per heavy atom. The lowest BCUT2D eigenvalue weighted by molar-refractivity contribution is 0.611. The van der Waals surface area contributed by atoms with Gasteiger partial charge >= 0.3 is 0 Å². The van der Waals surface area contributed by atoms with Gasteiger partial charge in [-0.1, -0.05) is 23.8 Å². The second-order valence-electron chi connectivity index (χ2n) is 3.88. The summed E-state index contributed by atoms with van der Waals surface area (Å²) in [7, 11) is 1.75. The lowest BCUT2D eigenvalue weighted by Crippen LogP contribution is -1.91. The van der Waals surface area contributed by atoms with Crippen LogP contribution >= 0.6 is 22.0 Å². The molecule has 1 heterocycles. The minimum absolute atomic E-state index is 0.214. The summed E-state index contributed by atoms with van der Waals surface area (Å²) in [6.07, 6.45) is 0. The molecule has 0 N–H and O–H groups in total. The quantitative estimate of drug-likeness (QED) is 0.783. The molecule has 2 nitrogen and oxygen atoms in total. The summed E-state index contributed by atoms with van der Waals surface area (Å²) in [5, 5.41) is 1.74. The molecule has 0 aliphatic heterocycles. The van der Waals surface area contributed by atoms with E-state index in [4.69, 9.17) is 10.7 Å². The van der Waals surface area contributed by atoms with E-state index in [2.05, 4.69) is 0 Å². The number of hydrogen-bond acceptors (Lipinski definition) is 3. The summed E-state index contributed by atoms with van der Waals surface area (Å²) in [5.41, 5.74) is 3.79. The Morgan fingerprint density at radius 2 is 1.82 bits per heavy atom. The molecule has 0 atom stereocenters. The topological polar surface area (TPSA) is 34.1 Å². The van der Waals surface area contributed by atoms with E-state index in [1.165, 1.54) is 0 Å². The fraction of sp³-hybridized carbons (Fsp3) is 0.167. The van der Waals surface area contributed by atoms with Gasteiger partial charge in [0.05, 0.1) is 0 Å². The molecular weight excluding hydrogens is 276 g/mol. The van der Waals surface area contributed by atoms with Crippen molar-refractivity contribution in [2.24, 2.45) is 0 Å². The van der Waals surface area contributed by atoms with Crippen molar-refractivity contribution in [3.63, 3.8) is 0 Å². The van der Waals surface area contributed by atoms with Crippen molar-refractivity contribution in [3.8, 4) is 11.1 Å². The van der Waals surface area contributed by atoms with Crippen molar-refractivity contribution in [3.05, 3.63) is 40.8 Å². The summed E-state index contributed by atoms with van der Waals surface area (Å²) in [6.45, 7) is 3.97. The molecule has 0 radical (unpaired) electrons. The lowest BCUT2D eigenvalue weighted by Gasteiger charge is -2.06. The van der Waals surface area contributed by atoms with Gasteiger partial charge in [-0.3, -0.25) is 0 Å². The number of hydrogen-bond donors (Lipinski definition) is 0. The van der Waals surface area contributed by atoms with Crippen LogP contribution in [0.3, 0.4) is 0 Å². The van der Waals surface area contributed by atoms with Crippen LogP contribution in [0.1, 0.15) is 11.1 Å². The molecule has 0 saturated carbocycles. The number of benzene rings is 1. The Balaban J connectivity index is 2.66. The van der Waals surface area contributed by atoms with Crippen LogP contribution in [0.15, 0.2) is 33.9 Å². The minimum atomic E-state index is -3.67. The van der Waals surface area contributed by atoms with E-state index in [1.807, 2.05) is 32.0 Å². The molecule has 90 valence electrons. The average Bonchev–Trinajstić information content (AvgIpc) is 2.65. The Kier molecular flexibility index (Phi) is 3.30. The van der Waals surface area contributed by atoms with Crippen LogP contribution in [-0.2, 0) is 9.05 Å². The number of thiophene rings is 1. The molecule has 5 heteroatoms. The number of aryl methyl sites for hydroxylation is 2. The first-order valence-electron chi connectivity index (χ1n) is 4.99. The van der Waals surface area contributed by atoms with Gasteiger partial charge in [-0.15, -0.1) is 11.3 Å². The van der Waals surface area contributed by atoms with Crippen molar-refractivity contribution in [1.82, 2.24) is 0 Å². The highest BCUT2D eigenvalue weighted by Gasteiger charge is 2.19. The smallest absolute Gasteiger partial charge is 0.206 e. The maximum absolute atomic E-state index is 11.4. The van der Waals surface area contributed by atoms with E-state index in [0.717, 1.165) is 28.0 Å². The van der Waals surface area contributed by atoms with Crippen molar-refractivity contribution >= 4 is 31.1 Å². The third kappa shape index (κ3) is 2.54. The zero-order chi connectivity index (χ0) is 12.6. The van der Waals surface area contributed by atoms with Gasteiger partial charge in [-0.2, -0.15) is 0 Å². The fourth-order valence-corrected chi connectivity index (χ4v) is 4.08. The molecule has 0 unspecified atom stereocenters. The van der Waals surface area contributed by atoms with E-state index in [-0.39, 0.29) is 4.21 Å². The molecule has 0 bridgehead atoms. The van der Waals surface area contributed by atoms with Crippen LogP contribution < -0.4 is 0 Å². The largest absolute Gasteiger partial charge is 0.271 e. The van der Waals surface area contributed by atoms with E-state index >= 15 is 0 Å².